The molecule has 1 aromatic carbocycles. The number of hydrogen-bond acceptors (Lipinski definition) is 3. The summed E-state index contributed by atoms with van der Waals surface area (Å²) < 4.78 is 13.7. The SMILES string of the molecule is C[C@H]1CC[C@H](NC(=O)c2cc(N)c(N)cc2F)CC1. The van der Waals surface area contributed by atoms with Gasteiger partial charge in [0.05, 0.1) is 16.9 Å². The van der Waals surface area contributed by atoms with Crippen LogP contribution in [0, 0.1) is 11.7 Å². The summed E-state index contributed by atoms with van der Waals surface area (Å²) in [4.78, 5) is 12.0. The molecule has 0 unspecified atom stereocenters. The maximum absolute atomic E-state index is 13.7. The molecule has 1 saturated carbocycles. The number of nitrogens with one attached hydrogen (secondary N) is 1. The number of amides is 1. The van der Waals surface area contributed by atoms with Crippen LogP contribution >= 0.6 is 0 Å². The number of benzene rings is 1. The summed E-state index contributed by atoms with van der Waals surface area (Å²) in [6.45, 7) is 2.21. The molecule has 0 heterocycles. The average Bonchev–Trinajstić information content (AvgIpc) is 2.36. The van der Waals surface area contributed by atoms with E-state index < -0.39 is 11.7 Å². The zero-order valence-corrected chi connectivity index (χ0v) is 11.1. The first-order valence-corrected chi connectivity index (χ1v) is 6.62. The zero-order chi connectivity index (χ0) is 14.0. The van der Waals surface area contributed by atoms with Crippen molar-refractivity contribution < 1.29 is 9.18 Å². The molecule has 0 aromatic heterocycles. The van der Waals surface area contributed by atoms with Crippen molar-refractivity contribution >= 4 is 17.3 Å². The number of rotatable bonds is 2. The normalized spacial score (nSPS) is 23.1. The first-order chi connectivity index (χ1) is 8.97. The number of anilines is 2. The summed E-state index contributed by atoms with van der Waals surface area (Å²) in [6.07, 6.45) is 4.08. The lowest BCUT2D eigenvalue weighted by Crippen LogP contribution is -2.37. The Hall–Kier alpha value is -1.78. The maximum Gasteiger partial charge on any atom is 0.254 e. The van der Waals surface area contributed by atoms with Crippen LogP contribution in [0.4, 0.5) is 15.8 Å². The molecule has 0 atom stereocenters. The highest BCUT2D eigenvalue weighted by Crippen LogP contribution is 2.24. The molecule has 104 valence electrons. The van der Waals surface area contributed by atoms with Crippen LogP contribution in [-0.4, -0.2) is 11.9 Å². The third-order valence-corrected chi connectivity index (χ3v) is 3.77. The molecule has 0 radical (unpaired) electrons. The third-order valence-electron chi connectivity index (χ3n) is 3.77. The highest BCUT2D eigenvalue weighted by molar-refractivity contribution is 5.96. The molecule has 1 aliphatic carbocycles. The molecule has 1 aromatic rings. The van der Waals surface area contributed by atoms with Gasteiger partial charge in [-0.25, -0.2) is 4.39 Å². The molecular weight excluding hydrogens is 245 g/mol. The molecular formula is C14H20FN3O. The lowest BCUT2D eigenvalue weighted by Gasteiger charge is -2.27. The molecule has 1 fully saturated rings. The van der Waals surface area contributed by atoms with E-state index in [0.717, 1.165) is 31.7 Å². The standard InChI is InChI=1S/C14H20FN3O/c1-8-2-4-9(5-3-8)18-14(19)10-6-12(16)13(17)7-11(10)15/h6-9H,2-5,16-17H2,1H3,(H,18,19)/t8-,9-. The molecule has 0 saturated heterocycles. The third kappa shape index (κ3) is 3.16. The molecule has 1 amide bonds. The minimum absolute atomic E-state index is 0.0367. The van der Waals surface area contributed by atoms with Gasteiger partial charge in [0.1, 0.15) is 5.82 Å². The van der Waals surface area contributed by atoms with E-state index in [1.54, 1.807) is 0 Å². The topological polar surface area (TPSA) is 81.1 Å². The van der Waals surface area contributed by atoms with Crippen LogP contribution in [0.1, 0.15) is 43.0 Å². The molecule has 0 spiro atoms. The molecule has 19 heavy (non-hydrogen) atoms. The predicted molar refractivity (Wildman–Crippen MR) is 74.1 cm³/mol. The first-order valence-electron chi connectivity index (χ1n) is 6.62. The summed E-state index contributed by atoms with van der Waals surface area (Å²) in [5.41, 5.74) is 11.4. The van der Waals surface area contributed by atoms with Crippen LogP contribution in [0.15, 0.2) is 12.1 Å². The van der Waals surface area contributed by atoms with E-state index >= 15 is 0 Å². The van der Waals surface area contributed by atoms with Crippen LogP contribution in [0.25, 0.3) is 0 Å². The van der Waals surface area contributed by atoms with Crippen LogP contribution in [0.5, 0.6) is 0 Å². The highest BCUT2D eigenvalue weighted by Gasteiger charge is 2.22. The van der Waals surface area contributed by atoms with E-state index in [1.165, 1.54) is 6.07 Å². The van der Waals surface area contributed by atoms with Crippen molar-refractivity contribution in [3.05, 3.63) is 23.5 Å². The molecule has 2 rings (SSSR count). The second-order valence-corrected chi connectivity index (χ2v) is 5.39. The molecule has 5 N–H and O–H groups in total. The number of carbonyl (C=O) groups is 1. The van der Waals surface area contributed by atoms with Crippen molar-refractivity contribution in [1.82, 2.24) is 5.32 Å². The smallest absolute Gasteiger partial charge is 0.254 e. The molecule has 5 heteroatoms. The number of nitrogens with two attached hydrogens (primary N) is 2. The Balaban J connectivity index is 2.06. The maximum atomic E-state index is 13.7. The molecule has 1 aliphatic rings. The van der Waals surface area contributed by atoms with Crippen LogP contribution in [0.2, 0.25) is 0 Å². The fourth-order valence-corrected chi connectivity index (χ4v) is 2.45. The van der Waals surface area contributed by atoms with Gasteiger partial charge in [-0.15, -0.1) is 0 Å². The van der Waals surface area contributed by atoms with Gasteiger partial charge >= 0.3 is 0 Å². The predicted octanol–water partition coefficient (Wildman–Crippen LogP) is 2.30. The van der Waals surface area contributed by atoms with Crippen LogP contribution in [-0.2, 0) is 0 Å². The summed E-state index contributed by atoms with van der Waals surface area (Å²) >= 11 is 0. The second kappa shape index (κ2) is 5.47. The summed E-state index contributed by atoms with van der Waals surface area (Å²) in [5, 5.41) is 2.87. The zero-order valence-electron chi connectivity index (χ0n) is 11.1. The van der Waals surface area contributed by atoms with Gasteiger partial charge in [-0.2, -0.15) is 0 Å². The van der Waals surface area contributed by atoms with Gasteiger partial charge in [0.2, 0.25) is 0 Å². The van der Waals surface area contributed by atoms with Gasteiger partial charge in [0.15, 0.2) is 0 Å². The van der Waals surface area contributed by atoms with E-state index in [0.29, 0.717) is 5.92 Å². The first kappa shape index (κ1) is 13.6. The van der Waals surface area contributed by atoms with Crippen molar-refractivity contribution in [2.75, 3.05) is 11.5 Å². The van der Waals surface area contributed by atoms with Crippen molar-refractivity contribution in [2.45, 2.75) is 38.6 Å². The number of hydrogen-bond donors (Lipinski definition) is 3. The van der Waals surface area contributed by atoms with E-state index in [2.05, 4.69) is 12.2 Å². The van der Waals surface area contributed by atoms with E-state index in [-0.39, 0.29) is 23.0 Å². The van der Waals surface area contributed by atoms with Crippen LogP contribution < -0.4 is 16.8 Å². The van der Waals surface area contributed by atoms with Crippen molar-refractivity contribution in [3.63, 3.8) is 0 Å². The Morgan fingerprint density at radius 1 is 1.21 bits per heavy atom. The Morgan fingerprint density at radius 3 is 2.42 bits per heavy atom. The Bertz CT molecular complexity index is 482. The lowest BCUT2D eigenvalue weighted by atomic mass is 9.87. The average molecular weight is 265 g/mol. The summed E-state index contributed by atoms with van der Waals surface area (Å²) in [5.74, 6) is -0.339. The van der Waals surface area contributed by atoms with Gasteiger partial charge in [0.25, 0.3) is 5.91 Å². The molecule has 0 aliphatic heterocycles. The van der Waals surface area contributed by atoms with Gasteiger partial charge in [-0.1, -0.05) is 6.92 Å². The van der Waals surface area contributed by atoms with Gasteiger partial charge < -0.3 is 16.8 Å². The van der Waals surface area contributed by atoms with Gasteiger partial charge in [-0.05, 0) is 43.7 Å². The number of carbonyl (C=O) groups excluding carboxylic acids is 1. The fraction of sp³-hybridized carbons (Fsp3) is 0.500. The Kier molecular flexibility index (Phi) is 3.93. The summed E-state index contributed by atoms with van der Waals surface area (Å²) in [7, 11) is 0. The van der Waals surface area contributed by atoms with E-state index in [1.807, 2.05) is 0 Å². The lowest BCUT2D eigenvalue weighted by molar-refractivity contribution is 0.0919. The minimum atomic E-state index is -0.631. The van der Waals surface area contributed by atoms with Crippen molar-refractivity contribution in [3.8, 4) is 0 Å². The minimum Gasteiger partial charge on any atom is -0.397 e. The quantitative estimate of drug-likeness (QED) is 0.718. The largest absolute Gasteiger partial charge is 0.397 e. The Labute approximate surface area is 112 Å². The summed E-state index contributed by atoms with van der Waals surface area (Å²) in [6, 6.07) is 2.51. The monoisotopic (exact) mass is 265 g/mol. The number of nitrogen functional groups attached to an aromatic ring is 2. The molecule has 0 bridgehead atoms. The van der Waals surface area contributed by atoms with Crippen molar-refractivity contribution in [1.29, 1.82) is 0 Å². The van der Waals surface area contributed by atoms with E-state index in [9.17, 15) is 9.18 Å². The highest BCUT2D eigenvalue weighted by atomic mass is 19.1. The van der Waals surface area contributed by atoms with Gasteiger partial charge in [0, 0.05) is 6.04 Å². The second-order valence-electron chi connectivity index (χ2n) is 5.39. The Morgan fingerprint density at radius 2 is 1.79 bits per heavy atom. The fourth-order valence-electron chi connectivity index (χ4n) is 2.45. The van der Waals surface area contributed by atoms with Gasteiger partial charge in [-0.3, -0.25) is 4.79 Å². The van der Waals surface area contributed by atoms with Crippen molar-refractivity contribution in [2.24, 2.45) is 5.92 Å². The molecule has 4 nitrogen and oxygen atoms in total. The van der Waals surface area contributed by atoms with Crippen LogP contribution in [0.3, 0.4) is 0 Å². The number of halogens is 1. The van der Waals surface area contributed by atoms with E-state index in [4.69, 9.17) is 11.5 Å².